The highest BCUT2D eigenvalue weighted by atomic mass is 16.2. The zero-order valence-electron chi connectivity index (χ0n) is 9.52. The quantitative estimate of drug-likeness (QED) is 0.515. The molecule has 1 aromatic heterocycles. The average molecular weight is 232 g/mol. The van der Waals surface area contributed by atoms with E-state index in [1.807, 2.05) is 0 Å². The Morgan fingerprint density at radius 1 is 1.41 bits per heavy atom. The molecule has 0 radical (unpaired) electrons. The summed E-state index contributed by atoms with van der Waals surface area (Å²) in [5.74, 6) is 0.355. The molecule has 0 aliphatic rings. The second kappa shape index (κ2) is 3.89. The molecule has 17 heavy (non-hydrogen) atoms. The highest BCUT2D eigenvalue weighted by Gasteiger charge is 2.06. The summed E-state index contributed by atoms with van der Waals surface area (Å²) in [6.07, 6.45) is 0. The molecule has 3 N–H and O–H groups in total. The van der Waals surface area contributed by atoms with Gasteiger partial charge in [-0.3, -0.25) is 14.4 Å². The smallest absolute Gasteiger partial charge is 0.328 e. The first kappa shape index (κ1) is 11.1. The number of aromatic nitrogens is 2. The van der Waals surface area contributed by atoms with Crippen LogP contribution in [0, 0.1) is 0 Å². The predicted molar refractivity (Wildman–Crippen MR) is 66.5 cm³/mol. The summed E-state index contributed by atoms with van der Waals surface area (Å²) in [6.45, 7) is 0. The van der Waals surface area contributed by atoms with Crippen LogP contribution in [-0.4, -0.2) is 22.4 Å². The van der Waals surface area contributed by atoms with E-state index in [-0.39, 0.29) is 5.56 Å². The van der Waals surface area contributed by atoms with Crippen molar-refractivity contribution in [3.63, 3.8) is 0 Å². The van der Waals surface area contributed by atoms with Crippen molar-refractivity contribution in [1.29, 1.82) is 0 Å². The number of fused-ring (bicyclic) bond motifs is 1. The molecule has 6 nitrogen and oxygen atoms in total. The topological polar surface area (TPSA) is 93.2 Å². The average Bonchev–Trinajstić information content (AvgIpc) is 2.34. The number of H-pyrrole nitrogens is 1. The Labute approximate surface area is 96.4 Å². The third kappa shape index (κ3) is 1.73. The van der Waals surface area contributed by atoms with E-state index in [4.69, 9.17) is 5.73 Å². The number of nitrogens with zero attached hydrogens (tertiary/aromatic N) is 2. The first-order valence-electron chi connectivity index (χ1n) is 5.00. The Morgan fingerprint density at radius 3 is 2.76 bits per heavy atom. The lowest BCUT2D eigenvalue weighted by Crippen LogP contribution is -2.32. The fourth-order valence-electron chi connectivity index (χ4n) is 1.59. The van der Waals surface area contributed by atoms with E-state index in [1.54, 1.807) is 25.2 Å². The molecular weight excluding hydrogens is 220 g/mol. The van der Waals surface area contributed by atoms with Crippen molar-refractivity contribution in [2.24, 2.45) is 17.8 Å². The van der Waals surface area contributed by atoms with Crippen LogP contribution >= 0.6 is 0 Å². The van der Waals surface area contributed by atoms with Crippen LogP contribution in [0.4, 0.5) is 0 Å². The number of nitrogens with one attached hydrogen (secondary N) is 1. The van der Waals surface area contributed by atoms with Gasteiger partial charge in [0.1, 0.15) is 5.84 Å². The van der Waals surface area contributed by atoms with Crippen molar-refractivity contribution in [2.45, 2.75) is 0 Å². The minimum Gasteiger partial charge on any atom is -0.384 e. The van der Waals surface area contributed by atoms with E-state index >= 15 is 0 Å². The maximum absolute atomic E-state index is 11.8. The van der Waals surface area contributed by atoms with Gasteiger partial charge in [-0.2, -0.15) is 0 Å². The Morgan fingerprint density at radius 2 is 2.12 bits per heavy atom. The minimum atomic E-state index is -0.452. The lowest BCUT2D eigenvalue weighted by Gasteiger charge is -2.03. The predicted octanol–water partition coefficient (Wildman–Crippen LogP) is -0.438. The Hall–Kier alpha value is -2.37. The lowest BCUT2D eigenvalue weighted by molar-refractivity contribution is 0.794. The van der Waals surface area contributed by atoms with Crippen LogP contribution in [0.15, 0.2) is 32.8 Å². The molecule has 0 bridgehead atoms. The maximum Gasteiger partial charge on any atom is 0.328 e. The van der Waals surface area contributed by atoms with Crippen LogP contribution < -0.4 is 17.0 Å². The van der Waals surface area contributed by atoms with E-state index in [1.165, 1.54) is 7.05 Å². The number of amidine groups is 1. The van der Waals surface area contributed by atoms with Gasteiger partial charge in [-0.25, -0.2) is 4.79 Å². The van der Waals surface area contributed by atoms with Gasteiger partial charge in [0, 0.05) is 19.7 Å². The van der Waals surface area contributed by atoms with Crippen molar-refractivity contribution < 1.29 is 0 Å². The highest BCUT2D eigenvalue weighted by Crippen LogP contribution is 2.08. The zero-order valence-corrected chi connectivity index (χ0v) is 9.52. The molecule has 88 valence electrons. The van der Waals surface area contributed by atoms with Gasteiger partial charge in [-0.1, -0.05) is 6.07 Å². The number of aromatic amines is 1. The molecule has 0 fully saturated rings. The molecule has 1 aromatic carbocycles. The van der Waals surface area contributed by atoms with Crippen LogP contribution in [-0.2, 0) is 7.05 Å². The molecule has 0 unspecified atom stereocenters. The van der Waals surface area contributed by atoms with E-state index in [0.29, 0.717) is 22.3 Å². The molecule has 0 saturated heterocycles. The number of hydrogen-bond donors (Lipinski definition) is 2. The summed E-state index contributed by atoms with van der Waals surface area (Å²) in [4.78, 5) is 29.7. The molecule has 0 atom stereocenters. The van der Waals surface area contributed by atoms with Crippen LogP contribution in [0.5, 0.6) is 0 Å². The van der Waals surface area contributed by atoms with Crippen molar-refractivity contribution in [2.75, 3.05) is 7.05 Å². The van der Waals surface area contributed by atoms with Gasteiger partial charge < -0.3 is 10.7 Å². The van der Waals surface area contributed by atoms with Gasteiger partial charge in [0.05, 0.1) is 10.9 Å². The molecule has 2 rings (SSSR count). The fourth-order valence-corrected chi connectivity index (χ4v) is 1.59. The number of aliphatic imine (C=N–C) groups is 1. The number of hydrogen-bond acceptors (Lipinski definition) is 3. The minimum absolute atomic E-state index is 0.331. The van der Waals surface area contributed by atoms with Gasteiger partial charge in [0.25, 0.3) is 5.56 Å². The third-order valence-corrected chi connectivity index (χ3v) is 2.64. The second-order valence-corrected chi connectivity index (χ2v) is 3.66. The molecule has 0 saturated carbocycles. The summed E-state index contributed by atoms with van der Waals surface area (Å²) in [5.41, 5.74) is 6.01. The second-order valence-electron chi connectivity index (χ2n) is 3.66. The highest BCUT2D eigenvalue weighted by molar-refractivity contribution is 6.00. The molecule has 2 aromatic rings. The van der Waals surface area contributed by atoms with E-state index in [0.717, 1.165) is 4.57 Å². The van der Waals surface area contributed by atoms with E-state index < -0.39 is 5.69 Å². The van der Waals surface area contributed by atoms with E-state index in [2.05, 4.69) is 9.98 Å². The molecule has 0 aliphatic heterocycles. The van der Waals surface area contributed by atoms with Gasteiger partial charge in [0.2, 0.25) is 0 Å². The summed E-state index contributed by atoms with van der Waals surface area (Å²) < 4.78 is 1.03. The largest absolute Gasteiger partial charge is 0.384 e. The van der Waals surface area contributed by atoms with Gasteiger partial charge in [-0.05, 0) is 12.1 Å². The van der Waals surface area contributed by atoms with Crippen molar-refractivity contribution in [3.8, 4) is 0 Å². The fraction of sp³-hybridized carbons (Fsp3) is 0.182. The molecule has 0 aliphatic carbocycles. The Bertz CT molecular complexity index is 724. The maximum atomic E-state index is 11.8. The molecule has 6 heteroatoms. The monoisotopic (exact) mass is 232 g/mol. The molecular formula is C11H12N4O2. The van der Waals surface area contributed by atoms with Crippen molar-refractivity contribution in [1.82, 2.24) is 9.55 Å². The summed E-state index contributed by atoms with van der Waals surface area (Å²) >= 11 is 0. The number of benzene rings is 1. The van der Waals surface area contributed by atoms with Crippen LogP contribution in [0.25, 0.3) is 10.9 Å². The van der Waals surface area contributed by atoms with Gasteiger partial charge in [0.15, 0.2) is 0 Å². The summed E-state index contributed by atoms with van der Waals surface area (Å²) in [5, 5.41) is 0.444. The first-order chi connectivity index (χ1) is 8.04. The standard InChI is InChI=1S/C11H12N4O2/c1-13-9(12)6-3-4-7-8(5-6)14-11(17)15(2)10(7)16/h3-5H,1-2H3,(H2,12,13)(H,14,17). The van der Waals surface area contributed by atoms with Gasteiger partial charge in [-0.15, -0.1) is 0 Å². The first-order valence-corrected chi connectivity index (χ1v) is 5.00. The van der Waals surface area contributed by atoms with Crippen LogP contribution in [0.3, 0.4) is 0 Å². The van der Waals surface area contributed by atoms with Crippen LogP contribution in [0.1, 0.15) is 5.56 Å². The van der Waals surface area contributed by atoms with Crippen molar-refractivity contribution in [3.05, 3.63) is 44.6 Å². The van der Waals surface area contributed by atoms with Crippen LogP contribution in [0.2, 0.25) is 0 Å². The lowest BCUT2D eigenvalue weighted by atomic mass is 10.1. The zero-order chi connectivity index (χ0) is 12.6. The SMILES string of the molecule is CN=C(N)c1ccc2c(=O)n(C)c(=O)[nH]c2c1. The number of rotatable bonds is 1. The molecule has 1 heterocycles. The van der Waals surface area contributed by atoms with Gasteiger partial charge >= 0.3 is 5.69 Å². The normalized spacial score (nSPS) is 12.0. The Kier molecular flexibility index (Phi) is 2.55. The molecule has 0 spiro atoms. The summed E-state index contributed by atoms with van der Waals surface area (Å²) in [7, 11) is 3.00. The number of nitrogens with two attached hydrogens (primary N) is 1. The Balaban J connectivity index is 2.85. The third-order valence-electron chi connectivity index (χ3n) is 2.64. The van der Waals surface area contributed by atoms with Crippen molar-refractivity contribution >= 4 is 16.7 Å². The molecule has 0 amide bonds. The summed E-state index contributed by atoms with van der Waals surface area (Å²) in [6, 6.07) is 4.96. The van der Waals surface area contributed by atoms with E-state index in [9.17, 15) is 9.59 Å².